The van der Waals surface area contributed by atoms with Gasteiger partial charge in [-0.05, 0) is 58.5 Å². The van der Waals surface area contributed by atoms with Crippen LogP contribution in [0.2, 0.25) is 0 Å². The van der Waals surface area contributed by atoms with Gasteiger partial charge < -0.3 is 10.6 Å². The molecule has 1 aromatic heterocycles. The van der Waals surface area contributed by atoms with E-state index in [2.05, 4.69) is 27.9 Å². The van der Waals surface area contributed by atoms with Gasteiger partial charge in [0.25, 0.3) is 5.91 Å². The van der Waals surface area contributed by atoms with E-state index in [1.165, 1.54) is 6.42 Å². The Morgan fingerprint density at radius 1 is 1.43 bits per heavy atom. The molecule has 3 rings (SSSR count). The fourth-order valence-electron chi connectivity index (χ4n) is 3.42. The maximum atomic E-state index is 12.5. The Morgan fingerprint density at radius 3 is 2.71 bits per heavy atom. The van der Waals surface area contributed by atoms with Crippen molar-refractivity contribution < 1.29 is 4.79 Å². The van der Waals surface area contributed by atoms with Crippen LogP contribution in [-0.2, 0) is 0 Å². The monoisotopic (exact) mass is 291 g/mol. The van der Waals surface area contributed by atoms with Crippen LogP contribution >= 0.6 is 0 Å². The van der Waals surface area contributed by atoms with Crippen LogP contribution in [0.1, 0.15) is 67.7 Å². The molecule has 1 saturated carbocycles. The Morgan fingerprint density at radius 2 is 2.14 bits per heavy atom. The van der Waals surface area contributed by atoms with Crippen molar-refractivity contribution >= 4 is 5.91 Å². The fourth-order valence-corrected chi connectivity index (χ4v) is 3.42. The number of carbonyl (C=O) groups is 1. The molecule has 0 unspecified atom stereocenters. The second-order valence-corrected chi connectivity index (χ2v) is 6.39. The molecule has 1 aromatic rings. The topological polar surface area (TPSA) is 71.8 Å². The van der Waals surface area contributed by atoms with Gasteiger partial charge in [0, 0.05) is 5.54 Å². The third-order valence-corrected chi connectivity index (χ3v) is 5.16. The highest BCUT2D eigenvalue weighted by molar-refractivity contribution is 5.93. The maximum Gasteiger partial charge on any atom is 0.274 e. The zero-order valence-corrected chi connectivity index (χ0v) is 13.0. The molecule has 2 heterocycles. The van der Waals surface area contributed by atoms with E-state index < -0.39 is 0 Å². The summed E-state index contributed by atoms with van der Waals surface area (Å²) in [5, 5.41) is 14.9. The van der Waals surface area contributed by atoms with Gasteiger partial charge >= 0.3 is 0 Å². The van der Waals surface area contributed by atoms with E-state index in [9.17, 15) is 4.79 Å². The van der Waals surface area contributed by atoms with Gasteiger partial charge in [-0.25, -0.2) is 4.68 Å². The van der Waals surface area contributed by atoms with Crippen molar-refractivity contribution in [1.29, 1.82) is 0 Å². The molecule has 0 spiro atoms. The fraction of sp³-hybridized carbons (Fsp3) is 0.800. The molecule has 0 aromatic carbocycles. The predicted octanol–water partition coefficient (Wildman–Crippen LogP) is 1.57. The van der Waals surface area contributed by atoms with E-state index in [1.54, 1.807) is 0 Å². The van der Waals surface area contributed by atoms with Gasteiger partial charge in [-0.15, -0.1) is 5.10 Å². The van der Waals surface area contributed by atoms with Crippen molar-refractivity contribution in [3.63, 3.8) is 0 Å². The second-order valence-electron chi connectivity index (χ2n) is 6.39. The van der Waals surface area contributed by atoms with Crippen molar-refractivity contribution in [2.24, 2.45) is 0 Å². The quantitative estimate of drug-likeness (QED) is 0.883. The Kier molecular flexibility index (Phi) is 3.97. The molecule has 1 aliphatic carbocycles. The molecule has 1 saturated heterocycles. The molecule has 0 bridgehead atoms. The van der Waals surface area contributed by atoms with Gasteiger partial charge in [-0.2, -0.15) is 0 Å². The molecule has 2 fully saturated rings. The van der Waals surface area contributed by atoms with Crippen molar-refractivity contribution in [3.05, 3.63) is 11.4 Å². The summed E-state index contributed by atoms with van der Waals surface area (Å²) in [5.74, 6) is -0.0609. The van der Waals surface area contributed by atoms with Crippen LogP contribution in [-0.4, -0.2) is 39.5 Å². The Labute approximate surface area is 125 Å². The lowest BCUT2D eigenvalue weighted by Crippen LogP contribution is -2.53. The number of rotatable bonds is 4. The van der Waals surface area contributed by atoms with E-state index in [-0.39, 0.29) is 11.4 Å². The van der Waals surface area contributed by atoms with E-state index in [0.29, 0.717) is 11.7 Å². The zero-order chi connectivity index (χ0) is 14.9. The first-order chi connectivity index (χ1) is 10.2. The van der Waals surface area contributed by atoms with Crippen LogP contribution in [0.4, 0.5) is 0 Å². The highest BCUT2D eigenvalue weighted by Gasteiger charge is 2.37. The molecular weight excluding hydrogens is 266 g/mol. The smallest absolute Gasteiger partial charge is 0.274 e. The van der Waals surface area contributed by atoms with Crippen molar-refractivity contribution in [2.75, 3.05) is 13.1 Å². The van der Waals surface area contributed by atoms with Gasteiger partial charge in [0.1, 0.15) is 0 Å². The average molecular weight is 291 g/mol. The van der Waals surface area contributed by atoms with Crippen LogP contribution < -0.4 is 10.6 Å². The number of amides is 1. The van der Waals surface area contributed by atoms with Crippen molar-refractivity contribution in [3.8, 4) is 0 Å². The summed E-state index contributed by atoms with van der Waals surface area (Å²) in [6, 6.07) is 0.365. The Balaban J connectivity index is 1.73. The minimum absolute atomic E-state index is 0.00205. The molecule has 6 nitrogen and oxygen atoms in total. The van der Waals surface area contributed by atoms with Crippen LogP contribution in [0.5, 0.6) is 0 Å². The maximum absolute atomic E-state index is 12.5. The van der Waals surface area contributed by atoms with Gasteiger partial charge in [0.2, 0.25) is 0 Å². The minimum atomic E-state index is -0.0609. The summed E-state index contributed by atoms with van der Waals surface area (Å²) < 4.78 is 1.94. The largest absolute Gasteiger partial charge is 0.345 e. The molecule has 0 radical (unpaired) electrons. The first-order valence-corrected chi connectivity index (χ1v) is 8.10. The van der Waals surface area contributed by atoms with Crippen LogP contribution in [0.15, 0.2) is 0 Å². The third kappa shape index (κ3) is 2.69. The van der Waals surface area contributed by atoms with Crippen molar-refractivity contribution in [2.45, 2.75) is 64.0 Å². The lowest BCUT2D eigenvalue weighted by atomic mass is 9.75. The number of hydrogen-bond acceptors (Lipinski definition) is 4. The highest BCUT2D eigenvalue weighted by atomic mass is 16.2. The number of hydrogen-bond donors (Lipinski definition) is 2. The van der Waals surface area contributed by atoms with Crippen LogP contribution in [0.25, 0.3) is 0 Å². The molecule has 2 N–H and O–H groups in total. The number of piperidine rings is 1. The van der Waals surface area contributed by atoms with Crippen LogP contribution in [0.3, 0.4) is 0 Å². The molecule has 1 amide bonds. The SMILES string of the molecule is CCC1(NC(=O)c2nnn(C3CCNCC3)c2C)CCC1. The summed E-state index contributed by atoms with van der Waals surface area (Å²) in [5.41, 5.74) is 1.39. The molecule has 1 aliphatic heterocycles. The number of carbonyl (C=O) groups excluding carboxylic acids is 1. The lowest BCUT2D eigenvalue weighted by molar-refractivity contribution is 0.0814. The molecule has 116 valence electrons. The normalized spacial score (nSPS) is 21.8. The molecule has 21 heavy (non-hydrogen) atoms. The highest BCUT2D eigenvalue weighted by Crippen LogP contribution is 2.35. The Hall–Kier alpha value is -1.43. The molecular formula is C15H25N5O. The number of nitrogens with zero attached hydrogens (tertiary/aromatic N) is 3. The summed E-state index contributed by atoms with van der Waals surface area (Å²) >= 11 is 0. The predicted molar refractivity (Wildman–Crippen MR) is 80.2 cm³/mol. The van der Waals surface area contributed by atoms with Gasteiger partial charge in [-0.3, -0.25) is 4.79 Å². The second kappa shape index (κ2) is 5.75. The molecule has 0 atom stereocenters. The molecule has 6 heteroatoms. The summed E-state index contributed by atoms with van der Waals surface area (Å²) in [7, 11) is 0. The average Bonchev–Trinajstić information content (AvgIpc) is 2.85. The number of nitrogens with one attached hydrogen (secondary N) is 2. The summed E-state index contributed by atoms with van der Waals surface area (Å²) in [6.45, 7) is 6.10. The van der Waals surface area contributed by atoms with E-state index >= 15 is 0 Å². The van der Waals surface area contributed by atoms with Crippen LogP contribution in [0, 0.1) is 6.92 Å². The van der Waals surface area contributed by atoms with Gasteiger partial charge in [0.05, 0.1) is 11.7 Å². The summed E-state index contributed by atoms with van der Waals surface area (Å²) in [6.07, 6.45) is 6.44. The van der Waals surface area contributed by atoms with Gasteiger partial charge in [-0.1, -0.05) is 12.1 Å². The number of aromatic nitrogens is 3. The summed E-state index contributed by atoms with van der Waals surface area (Å²) in [4.78, 5) is 12.5. The zero-order valence-electron chi connectivity index (χ0n) is 13.0. The minimum Gasteiger partial charge on any atom is -0.345 e. The van der Waals surface area contributed by atoms with E-state index in [4.69, 9.17) is 0 Å². The van der Waals surface area contributed by atoms with Gasteiger partial charge in [0.15, 0.2) is 5.69 Å². The Bertz CT molecular complexity index is 509. The van der Waals surface area contributed by atoms with Crippen molar-refractivity contribution in [1.82, 2.24) is 25.6 Å². The van der Waals surface area contributed by atoms with E-state index in [0.717, 1.165) is 50.9 Å². The standard InChI is InChI=1S/C15H25N5O/c1-3-15(7-4-8-15)17-14(21)13-11(2)20(19-18-13)12-5-9-16-10-6-12/h12,16H,3-10H2,1-2H3,(H,17,21). The molecule has 2 aliphatic rings. The van der Waals surface area contributed by atoms with E-state index in [1.807, 2.05) is 11.6 Å². The first-order valence-electron chi connectivity index (χ1n) is 8.10. The lowest BCUT2D eigenvalue weighted by Gasteiger charge is -2.41. The first kappa shape index (κ1) is 14.5. The third-order valence-electron chi connectivity index (χ3n) is 5.16.